The zero-order chi connectivity index (χ0) is 14.4. The zero-order valence-corrected chi connectivity index (χ0v) is 11.0. The van der Waals surface area contributed by atoms with Crippen molar-refractivity contribution in [3.8, 4) is 0 Å². The lowest BCUT2D eigenvalue weighted by Gasteiger charge is -2.12. The molecule has 0 aromatic heterocycles. The maximum absolute atomic E-state index is 12.0. The fraction of sp³-hybridized carbons (Fsp3) is 0.125. The SMILES string of the molecule is N[C@@H](Cc1ccccc1)C(=O)Nc1ccc(C=O)cc1. The zero-order valence-electron chi connectivity index (χ0n) is 11.0. The molecule has 2 aromatic rings. The number of hydrogen-bond donors (Lipinski definition) is 2. The second-order valence-corrected chi connectivity index (χ2v) is 4.53. The van der Waals surface area contributed by atoms with Crippen LogP contribution in [0.25, 0.3) is 0 Å². The van der Waals surface area contributed by atoms with Crippen molar-refractivity contribution in [1.82, 2.24) is 0 Å². The third kappa shape index (κ3) is 3.76. The predicted octanol–water partition coefficient (Wildman–Crippen LogP) is 2.01. The van der Waals surface area contributed by atoms with Gasteiger partial charge in [-0.3, -0.25) is 9.59 Å². The largest absolute Gasteiger partial charge is 0.325 e. The molecule has 0 saturated heterocycles. The Kier molecular flexibility index (Phi) is 4.63. The first-order chi connectivity index (χ1) is 9.69. The second kappa shape index (κ2) is 6.63. The number of amides is 1. The van der Waals surface area contributed by atoms with Gasteiger partial charge >= 0.3 is 0 Å². The van der Waals surface area contributed by atoms with Crippen LogP contribution in [-0.2, 0) is 11.2 Å². The van der Waals surface area contributed by atoms with Gasteiger partial charge in [0.25, 0.3) is 0 Å². The number of nitrogens with two attached hydrogens (primary N) is 1. The summed E-state index contributed by atoms with van der Waals surface area (Å²) < 4.78 is 0. The van der Waals surface area contributed by atoms with E-state index >= 15 is 0 Å². The Balaban J connectivity index is 1.95. The van der Waals surface area contributed by atoms with Gasteiger partial charge in [-0.15, -0.1) is 0 Å². The third-order valence-corrected chi connectivity index (χ3v) is 2.95. The van der Waals surface area contributed by atoms with Gasteiger partial charge < -0.3 is 11.1 Å². The van der Waals surface area contributed by atoms with Crippen LogP contribution >= 0.6 is 0 Å². The van der Waals surface area contributed by atoms with E-state index in [2.05, 4.69) is 5.32 Å². The summed E-state index contributed by atoms with van der Waals surface area (Å²) in [6.45, 7) is 0. The van der Waals surface area contributed by atoms with Crippen molar-refractivity contribution in [3.05, 3.63) is 65.7 Å². The molecular weight excluding hydrogens is 252 g/mol. The summed E-state index contributed by atoms with van der Waals surface area (Å²) >= 11 is 0. The van der Waals surface area contributed by atoms with Crippen LogP contribution in [0, 0.1) is 0 Å². The second-order valence-electron chi connectivity index (χ2n) is 4.53. The Hall–Kier alpha value is -2.46. The highest BCUT2D eigenvalue weighted by molar-refractivity contribution is 5.95. The molecule has 0 radical (unpaired) electrons. The number of anilines is 1. The Labute approximate surface area is 117 Å². The van der Waals surface area contributed by atoms with Crippen molar-refractivity contribution < 1.29 is 9.59 Å². The minimum atomic E-state index is -0.608. The fourth-order valence-corrected chi connectivity index (χ4v) is 1.84. The number of nitrogens with one attached hydrogen (secondary N) is 1. The summed E-state index contributed by atoms with van der Waals surface area (Å²) in [7, 11) is 0. The van der Waals surface area contributed by atoms with Crippen molar-refractivity contribution in [1.29, 1.82) is 0 Å². The number of aldehydes is 1. The molecule has 0 saturated carbocycles. The van der Waals surface area contributed by atoms with E-state index in [0.717, 1.165) is 11.8 Å². The lowest BCUT2D eigenvalue weighted by atomic mass is 10.1. The van der Waals surface area contributed by atoms with E-state index in [4.69, 9.17) is 5.73 Å². The molecule has 1 atom stereocenters. The molecule has 4 heteroatoms. The van der Waals surface area contributed by atoms with Crippen LogP contribution in [-0.4, -0.2) is 18.2 Å². The molecule has 0 bridgehead atoms. The van der Waals surface area contributed by atoms with Crippen molar-refractivity contribution in [2.24, 2.45) is 5.73 Å². The fourth-order valence-electron chi connectivity index (χ4n) is 1.84. The van der Waals surface area contributed by atoms with Crippen LogP contribution in [0.4, 0.5) is 5.69 Å². The highest BCUT2D eigenvalue weighted by Gasteiger charge is 2.14. The Morgan fingerprint density at radius 1 is 1.10 bits per heavy atom. The quantitative estimate of drug-likeness (QED) is 0.815. The Bertz CT molecular complexity index is 579. The van der Waals surface area contributed by atoms with E-state index < -0.39 is 6.04 Å². The van der Waals surface area contributed by atoms with Gasteiger partial charge in [0, 0.05) is 11.3 Å². The summed E-state index contributed by atoms with van der Waals surface area (Å²) in [6.07, 6.45) is 1.24. The molecule has 2 aromatic carbocycles. The molecule has 0 aliphatic rings. The highest BCUT2D eigenvalue weighted by atomic mass is 16.2. The van der Waals surface area contributed by atoms with Gasteiger partial charge in [0.15, 0.2) is 0 Å². The lowest BCUT2D eigenvalue weighted by molar-refractivity contribution is -0.117. The van der Waals surface area contributed by atoms with Crippen LogP contribution in [0.3, 0.4) is 0 Å². The van der Waals surface area contributed by atoms with Gasteiger partial charge in [0.05, 0.1) is 6.04 Å². The molecule has 0 aliphatic carbocycles. The van der Waals surface area contributed by atoms with Crippen molar-refractivity contribution in [2.45, 2.75) is 12.5 Å². The van der Waals surface area contributed by atoms with Gasteiger partial charge in [0.2, 0.25) is 5.91 Å². The van der Waals surface area contributed by atoms with Gasteiger partial charge in [-0.05, 0) is 36.2 Å². The van der Waals surface area contributed by atoms with E-state index in [1.54, 1.807) is 24.3 Å². The van der Waals surface area contributed by atoms with E-state index in [-0.39, 0.29) is 5.91 Å². The van der Waals surface area contributed by atoms with E-state index in [1.165, 1.54) is 0 Å². The van der Waals surface area contributed by atoms with E-state index in [9.17, 15) is 9.59 Å². The predicted molar refractivity (Wildman–Crippen MR) is 78.6 cm³/mol. The lowest BCUT2D eigenvalue weighted by Crippen LogP contribution is -2.37. The molecule has 0 spiro atoms. The Morgan fingerprint density at radius 3 is 2.35 bits per heavy atom. The number of carbonyl (C=O) groups is 2. The number of rotatable bonds is 5. The standard InChI is InChI=1S/C16H16N2O2/c17-15(10-12-4-2-1-3-5-12)16(20)18-14-8-6-13(11-19)7-9-14/h1-9,11,15H,10,17H2,(H,18,20)/t15-/m0/s1. The first-order valence-corrected chi connectivity index (χ1v) is 6.34. The topological polar surface area (TPSA) is 72.2 Å². The van der Waals surface area contributed by atoms with Gasteiger partial charge in [-0.1, -0.05) is 30.3 Å². The summed E-state index contributed by atoms with van der Waals surface area (Å²) in [4.78, 5) is 22.5. The van der Waals surface area contributed by atoms with Crippen LogP contribution in [0.1, 0.15) is 15.9 Å². The molecule has 102 valence electrons. The monoisotopic (exact) mass is 268 g/mol. The summed E-state index contributed by atoms with van der Waals surface area (Å²) in [6, 6.07) is 15.7. The van der Waals surface area contributed by atoms with Crippen LogP contribution < -0.4 is 11.1 Å². The molecule has 0 unspecified atom stereocenters. The Morgan fingerprint density at radius 2 is 1.75 bits per heavy atom. The highest BCUT2D eigenvalue weighted by Crippen LogP contribution is 2.09. The number of hydrogen-bond acceptors (Lipinski definition) is 3. The third-order valence-electron chi connectivity index (χ3n) is 2.95. The molecule has 20 heavy (non-hydrogen) atoms. The minimum Gasteiger partial charge on any atom is -0.325 e. The summed E-state index contributed by atoms with van der Waals surface area (Å²) in [5.74, 6) is -0.243. The van der Waals surface area contributed by atoms with Crippen molar-refractivity contribution in [2.75, 3.05) is 5.32 Å². The first-order valence-electron chi connectivity index (χ1n) is 6.34. The molecule has 1 amide bonds. The maximum Gasteiger partial charge on any atom is 0.241 e. The smallest absolute Gasteiger partial charge is 0.241 e. The van der Waals surface area contributed by atoms with Gasteiger partial charge in [0.1, 0.15) is 6.29 Å². The molecule has 0 aliphatic heterocycles. The average molecular weight is 268 g/mol. The molecule has 2 rings (SSSR count). The van der Waals surface area contributed by atoms with Crippen molar-refractivity contribution >= 4 is 17.9 Å². The maximum atomic E-state index is 12.0. The van der Waals surface area contributed by atoms with Gasteiger partial charge in [-0.25, -0.2) is 0 Å². The summed E-state index contributed by atoms with van der Waals surface area (Å²) in [5.41, 5.74) is 8.10. The normalized spacial score (nSPS) is 11.7. The molecule has 3 N–H and O–H groups in total. The molecule has 0 heterocycles. The average Bonchev–Trinajstić information content (AvgIpc) is 2.49. The van der Waals surface area contributed by atoms with Crippen LogP contribution in [0.2, 0.25) is 0 Å². The van der Waals surface area contributed by atoms with E-state index in [1.807, 2.05) is 30.3 Å². The summed E-state index contributed by atoms with van der Waals surface area (Å²) in [5, 5.41) is 2.73. The molecule has 4 nitrogen and oxygen atoms in total. The molecule has 0 fully saturated rings. The van der Waals surface area contributed by atoms with Crippen molar-refractivity contribution in [3.63, 3.8) is 0 Å². The first kappa shape index (κ1) is 14.0. The minimum absolute atomic E-state index is 0.243. The van der Waals surface area contributed by atoms with Crippen LogP contribution in [0.15, 0.2) is 54.6 Å². The number of benzene rings is 2. The molecular formula is C16H16N2O2. The van der Waals surface area contributed by atoms with Crippen LogP contribution in [0.5, 0.6) is 0 Å². The van der Waals surface area contributed by atoms with E-state index in [0.29, 0.717) is 17.7 Å². The number of carbonyl (C=O) groups excluding carboxylic acids is 2. The van der Waals surface area contributed by atoms with Gasteiger partial charge in [-0.2, -0.15) is 0 Å².